The SMILES string of the molecule is CCC[CH2][Sn](/[CH]=C1\C[C@@H]2C(=O)N(C(=O)OC)[C@@H]2[C@H]1CC(=O)OC)([CH2]CCC)[CH2]CCC. The molecule has 1 aliphatic carbocycles. The van der Waals surface area contributed by atoms with Gasteiger partial charge in [-0.3, -0.25) is 0 Å². The van der Waals surface area contributed by atoms with Crippen LogP contribution < -0.4 is 0 Å². The molecule has 0 aromatic carbocycles. The van der Waals surface area contributed by atoms with Crippen molar-refractivity contribution in [2.24, 2.45) is 11.8 Å². The second-order valence-corrected chi connectivity index (χ2v) is 22.1. The van der Waals surface area contributed by atoms with E-state index < -0.39 is 24.5 Å². The molecule has 1 aliphatic heterocycles. The van der Waals surface area contributed by atoms with E-state index in [0.29, 0.717) is 6.42 Å². The Labute approximate surface area is 192 Å². The van der Waals surface area contributed by atoms with Crippen molar-refractivity contribution in [3.05, 3.63) is 9.67 Å². The van der Waals surface area contributed by atoms with E-state index >= 15 is 0 Å². The van der Waals surface area contributed by atoms with Gasteiger partial charge in [-0.05, 0) is 0 Å². The molecule has 2 fully saturated rings. The van der Waals surface area contributed by atoms with Crippen LogP contribution in [0.4, 0.5) is 4.79 Å². The Morgan fingerprint density at radius 2 is 1.55 bits per heavy atom. The zero-order valence-corrected chi connectivity index (χ0v) is 22.9. The Bertz CT molecular complexity index is 655. The molecule has 3 atom stereocenters. The van der Waals surface area contributed by atoms with Crippen molar-refractivity contribution >= 4 is 36.3 Å². The maximum absolute atomic E-state index is 12.7. The summed E-state index contributed by atoms with van der Waals surface area (Å²) in [6.45, 7) is 6.77. The molecular weight excluding hydrogens is 501 g/mol. The van der Waals surface area contributed by atoms with Gasteiger partial charge in [0.05, 0.1) is 0 Å². The van der Waals surface area contributed by atoms with Gasteiger partial charge in [-0.2, -0.15) is 0 Å². The van der Waals surface area contributed by atoms with Crippen LogP contribution in [-0.4, -0.2) is 61.5 Å². The Morgan fingerprint density at radius 1 is 1.00 bits per heavy atom. The molecule has 176 valence electrons. The number of methoxy groups -OCH3 is 2. The zero-order chi connectivity index (χ0) is 23.0. The van der Waals surface area contributed by atoms with E-state index in [4.69, 9.17) is 9.47 Å². The quantitative estimate of drug-likeness (QED) is 0.186. The predicted octanol–water partition coefficient (Wildman–Crippen LogP) is 5.48. The first-order valence-electron chi connectivity index (χ1n) is 12.1. The van der Waals surface area contributed by atoms with Crippen LogP contribution >= 0.6 is 0 Å². The number of imide groups is 1. The van der Waals surface area contributed by atoms with E-state index in [1.807, 2.05) is 0 Å². The van der Waals surface area contributed by atoms with Crippen molar-refractivity contribution in [3.8, 4) is 0 Å². The fourth-order valence-electron chi connectivity index (χ4n) is 5.42. The van der Waals surface area contributed by atoms with Crippen LogP contribution in [0.5, 0.6) is 0 Å². The Balaban J connectivity index is 2.43. The number of fused-ring (bicyclic) bond motifs is 1. The van der Waals surface area contributed by atoms with Crippen LogP contribution in [0, 0.1) is 11.8 Å². The molecule has 0 aromatic rings. The molecule has 1 saturated carbocycles. The molecule has 1 saturated heterocycles. The second-order valence-electron chi connectivity index (χ2n) is 9.26. The normalized spacial score (nSPS) is 24.2. The van der Waals surface area contributed by atoms with Gasteiger partial charge < -0.3 is 0 Å². The van der Waals surface area contributed by atoms with Gasteiger partial charge in [-0.1, -0.05) is 0 Å². The topological polar surface area (TPSA) is 72.9 Å². The minimum absolute atomic E-state index is 0.129. The summed E-state index contributed by atoms with van der Waals surface area (Å²) >= 11 is -2.61. The summed E-state index contributed by atoms with van der Waals surface area (Å²) in [7, 11) is 2.70. The summed E-state index contributed by atoms with van der Waals surface area (Å²) in [6.07, 6.45) is 7.67. The number of hydrogen-bond acceptors (Lipinski definition) is 5. The molecule has 0 bridgehead atoms. The third-order valence-electron chi connectivity index (χ3n) is 7.17. The summed E-state index contributed by atoms with van der Waals surface area (Å²) < 4.78 is 16.5. The fraction of sp³-hybridized carbons (Fsp3) is 0.792. The fourth-order valence-corrected chi connectivity index (χ4v) is 21.0. The van der Waals surface area contributed by atoms with Crippen LogP contribution in [0.15, 0.2) is 9.67 Å². The zero-order valence-electron chi connectivity index (χ0n) is 20.1. The molecule has 2 amide bonds. The summed E-state index contributed by atoms with van der Waals surface area (Å²) in [4.78, 5) is 38.4. The van der Waals surface area contributed by atoms with Crippen LogP contribution in [0.1, 0.15) is 72.1 Å². The molecule has 0 N–H and O–H groups in total. The first-order valence-corrected chi connectivity index (χ1v) is 19.8. The standard InChI is InChI=1S/C12H14NO5.3C4H9.Sn/c1-6-4-8-10(7(6)5-9(14)17-2)13(11(8)15)12(16)18-3;3*1-3-4-2;/h1,7-8,10H,4-5H2,2-3H3;3*1,3-4H2,2H3;/t7-,8-,10+;;;;/m0..../s1. The van der Waals surface area contributed by atoms with Gasteiger partial charge in [0, 0.05) is 0 Å². The molecule has 2 aliphatic rings. The van der Waals surface area contributed by atoms with E-state index in [1.165, 1.54) is 76.5 Å². The number of β-lactam (4-membered cyclic amide) rings is 1. The first kappa shape index (κ1) is 26.2. The van der Waals surface area contributed by atoms with Crippen molar-refractivity contribution < 1.29 is 23.9 Å². The monoisotopic (exact) mass is 543 g/mol. The van der Waals surface area contributed by atoms with Gasteiger partial charge in [0.2, 0.25) is 0 Å². The molecule has 0 spiro atoms. The van der Waals surface area contributed by atoms with Gasteiger partial charge in [0.1, 0.15) is 0 Å². The van der Waals surface area contributed by atoms with E-state index in [-0.39, 0.29) is 36.2 Å². The molecule has 2 rings (SSSR count). The third-order valence-corrected chi connectivity index (χ3v) is 21.5. The van der Waals surface area contributed by atoms with Crippen molar-refractivity contribution in [3.63, 3.8) is 0 Å². The number of likely N-dealkylation sites (tertiary alicyclic amines) is 1. The molecule has 31 heavy (non-hydrogen) atoms. The van der Waals surface area contributed by atoms with Crippen molar-refractivity contribution in [2.75, 3.05) is 14.2 Å². The number of carbonyl (C=O) groups is 3. The summed E-state index contributed by atoms with van der Waals surface area (Å²) in [5.74, 6) is -0.772. The molecule has 1 heterocycles. The Kier molecular flexibility index (Phi) is 10.4. The van der Waals surface area contributed by atoms with Crippen molar-refractivity contribution in [1.29, 1.82) is 0 Å². The Morgan fingerprint density at radius 3 is 2.00 bits per heavy atom. The summed E-state index contributed by atoms with van der Waals surface area (Å²) in [6, 6.07) is -0.266. The number of hydrogen-bond donors (Lipinski definition) is 0. The van der Waals surface area contributed by atoms with Gasteiger partial charge >= 0.3 is 192 Å². The Hall–Kier alpha value is -1.05. The van der Waals surface area contributed by atoms with E-state index in [0.717, 1.165) is 0 Å². The van der Waals surface area contributed by atoms with Crippen LogP contribution in [0.3, 0.4) is 0 Å². The molecule has 0 aromatic heterocycles. The number of ether oxygens (including phenoxy) is 2. The van der Waals surface area contributed by atoms with Gasteiger partial charge in [0.15, 0.2) is 0 Å². The van der Waals surface area contributed by atoms with E-state index in [1.54, 1.807) is 0 Å². The van der Waals surface area contributed by atoms with Crippen LogP contribution in [0.2, 0.25) is 13.3 Å². The van der Waals surface area contributed by atoms with Gasteiger partial charge in [-0.15, -0.1) is 0 Å². The van der Waals surface area contributed by atoms with E-state index in [9.17, 15) is 14.4 Å². The molecule has 7 heteroatoms. The predicted molar refractivity (Wildman–Crippen MR) is 124 cm³/mol. The third kappa shape index (κ3) is 6.05. The van der Waals surface area contributed by atoms with Gasteiger partial charge in [-0.25, -0.2) is 0 Å². The van der Waals surface area contributed by atoms with Crippen molar-refractivity contribution in [2.45, 2.75) is 91.5 Å². The van der Waals surface area contributed by atoms with E-state index in [2.05, 4.69) is 24.9 Å². The van der Waals surface area contributed by atoms with Gasteiger partial charge in [0.25, 0.3) is 0 Å². The summed E-state index contributed by atoms with van der Waals surface area (Å²) in [5.41, 5.74) is 1.25. The summed E-state index contributed by atoms with van der Waals surface area (Å²) in [5, 5.41) is 0. The van der Waals surface area contributed by atoms with Crippen LogP contribution in [-0.2, 0) is 19.1 Å². The number of esters is 1. The molecule has 0 unspecified atom stereocenters. The van der Waals surface area contributed by atoms with Crippen molar-refractivity contribution in [1.82, 2.24) is 4.90 Å². The number of carbonyl (C=O) groups excluding carboxylic acids is 3. The number of rotatable bonds is 12. The minimum atomic E-state index is -2.61. The average Bonchev–Trinajstić information content (AvgIpc) is 3.07. The molecule has 6 nitrogen and oxygen atoms in total. The average molecular weight is 542 g/mol. The number of nitrogens with zero attached hydrogens (tertiary/aromatic N) is 1. The first-order chi connectivity index (χ1) is 14.9. The van der Waals surface area contributed by atoms with Crippen LogP contribution in [0.25, 0.3) is 0 Å². The molecular formula is C24H41NO5Sn. The second kappa shape index (κ2) is 12.3. The number of unbranched alkanes of at least 4 members (excludes halogenated alkanes) is 3. The maximum atomic E-state index is 12.7. The molecule has 0 radical (unpaired) electrons. The number of amides is 2.